The van der Waals surface area contributed by atoms with Gasteiger partial charge in [-0.1, -0.05) is 30.3 Å². The quantitative estimate of drug-likeness (QED) is 0.616. The molecule has 3 aromatic rings. The molecule has 0 radical (unpaired) electrons. The van der Waals surface area contributed by atoms with Crippen molar-refractivity contribution in [1.29, 1.82) is 0 Å². The summed E-state index contributed by atoms with van der Waals surface area (Å²) in [6.07, 6.45) is 1.82. The largest absolute Gasteiger partial charge is 0.334 e. The standard InChI is InChI=1S/C20H26N6O2/c1-23-11-13-25(14-12-23)19-21-17-16(18(27)22-20(28)24(17)2)26(19)10-6-9-15-7-4-3-5-8-15/h3-5,7-8H,6,9-14H2,1-2H3,(H,22,27,28)/p+1. The van der Waals surface area contributed by atoms with Crippen molar-refractivity contribution in [1.82, 2.24) is 19.1 Å². The molecule has 8 nitrogen and oxygen atoms in total. The first-order chi connectivity index (χ1) is 13.5. The number of aromatic nitrogens is 4. The maximum absolute atomic E-state index is 12.6. The number of benzene rings is 1. The van der Waals surface area contributed by atoms with Crippen LogP contribution >= 0.6 is 0 Å². The number of fused-ring (bicyclic) bond motifs is 1. The van der Waals surface area contributed by atoms with E-state index in [0.29, 0.717) is 17.7 Å². The number of nitrogens with one attached hydrogen (secondary N) is 2. The lowest BCUT2D eigenvalue weighted by atomic mass is 10.1. The number of imidazole rings is 1. The number of likely N-dealkylation sites (N-methyl/N-ethyl adjacent to an activating group) is 1. The summed E-state index contributed by atoms with van der Waals surface area (Å²) in [6.45, 7) is 4.52. The molecule has 0 spiro atoms. The molecule has 1 aliphatic heterocycles. The van der Waals surface area contributed by atoms with Crippen LogP contribution in [0.1, 0.15) is 12.0 Å². The van der Waals surface area contributed by atoms with E-state index in [4.69, 9.17) is 4.98 Å². The van der Waals surface area contributed by atoms with E-state index in [9.17, 15) is 9.59 Å². The van der Waals surface area contributed by atoms with Crippen LogP contribution in [0.25, 0.3) is 11.2 Å². The van der Waals surface area contributed by atoms with Gasteiger partial charge in [0.05, 0.1) is 33.2 Å². The van der Waals surface area contributed by atoms with Gasteiger partial charge in [0.2, 0.25) is 5.95 Å². The van der Waals surface area contributed by atoms with Crippen molar-refractivity contribution in [3.63, 3.8) is 0 Å². The summed E-state index contributed by atoms with van der Waals surface area (Å²) < 4.78 is 3.42. The van der Waals surface area contributed by atoms with Crippen molar-refractivity contribution in [2.45, 2.75) is 19.4 Å². The maximum atomic E-state index is 12.6. The van der Waals surface area contributed by atoms with Gasteiger partial charge in [0.1, 0.15) is 0 Å². The minimum Gasteiger partial charge on any atom is -0.334 e. The monoisotopic (exact) mass is 383 g/mol. The van der Waals surface area contributed by atoms with Gasteiger partial charge in [-0.3, -0.25) is 14.3 Å². The van der Waals surface area contributed by atoms with Crippen LogP contribution in [-0.2, 0) is 20.0 Å². The molecule has 0 aliphatic carbocycles. The average Bonchev–Trinajstić information content (AvgIpc) is 3.08. The summed E-state index contributed by atoms with van der Waals surface area (Å²) in [4.78, 5) is 35.5. The summed E-state index contributed by atoms with van der Waals surface area (Å²) in [5.74, 6) is 0.794. The van der Waals surface area contributed by atoms with E-state index in [2.05, 4.69) is 29.1 Å². The van der Waals surface area contributed by atoms with Crippen LogP contribution in [-0.4, -0.2) is 52.3 Å². The first kappa shape index (κ1) is 18.5. The minimum absolute atomic E-state index is 0.365. The molecule has 1 aromatic carbocycles. The highest BCUT2D eigenvalue weighted by Gasteiger charge is 2.25. The van der Waals surface area contributed by atoms with Gasteiger partial charge in [0, 0.05) is 13.6 Å². The number of hydrogen-bond acceptors (Lipinski definition) is 4. The smallest absolute Gasteiger partial charge is 0.329 e. The minimum atomic E-state index is -0.430. The van der Waals surface area contributed by atoms with Crippen molar-refractivity contribution in [3.8, 4) is 0 Å². The van der Waals surface area contributed by atoms with Crippen molar-refractivity contribution < 1.29 is 4.90 Å². The molecule has 4 rings (SSSR count). The van der Waals surface area contributed by atoms with Crippen LogP contribution in [0, 0.1) is 0 Å². The molecule has 0 saturated carbocycles. The van der Waals surface area contributed by atoms with E-state index >= 15 is 0 Å². The van der Waals surface area contributed by atoms with Gasteiger partial charge in [0.25, 0.3) is 5.56 Å². The lowest BCUT2D eigenvalue weighted by molar-refractivity contribution is -0.880. The fraction of sp³-hybridized carbons (Fsp3) is 0.450. The Labute approximate surface area is 163 Å². The first-order valence-corrected chi connectivity index (χ1v) is 9.84. The number of nitrogens with zero attached hydrogens (tertiary/aromatic N) is 4. The van der Waals surface area contributed by atoms with Gasteiger partial charge in [-0.05, 0) is 18.4 Å². The summed E-state index contributed by atoms with van der Waals surface area (Å²) in [5.41, 5.74) is 1.42. The van der Waals surface area contributed by atoms with Gasteiger partial charge in [0.15, 0.2) is 11.2 Å². The molecule has 1 fully saturated rings. The number of aromatic amines is 1. The zero-order chi connectivity index (χ0) is 19.7. The fourth-order valence-corrected chi connectivity index (χ4v) is 3.85. The third-order valence-electron chi connectivity index (χ3n) is 5.58. The van der Waals surface area contributed by atoms with Crippen molar-refractivity contribution in [3.05, 3.63) is 56.7 Å². The number of quaternary nitrogens is 1. The molecule has 28 heavy (non-hydrogen) atoms. The highest BCUT2D eigenvalue weighted by Crippen LogP contribution is 2.20. The normalized spacial score (nSPS) is 15.4. The SMILES string of the molecule is Cn1c(=O)[nH]c(=O)c2c1nc(N1CC[NH+](C)CC1)n2CCCc1ccccc1. The molecule has 0 unspecified atom stereocenters. The molecule has 0 bridgehead atoms. The Hall–Kier alpha value is -2.87. The molecule has 0 atom stereocenters. The van der Waals surface area contributed by atoms with Crippen LogP contribution in [0.15, 0.2) is 39.9 Å². The second kappa shape index (κ2) is 7.63. The fourth-order valence-electron chi connectivity index (χ4n) is 3.85. The summed E-state index contributed by atoms with van der Waals surface area (Å²) in [5, 5.41) is 0. The van der Waals surface area contributed by atoms with Crippen LogP contribution in [0.4, 0.5) is 5.95 Å². The predicted octanol–water partition coefficient (Wildman–Crippen LogP) is -0.609. The molecule has 1 saturated heterocycles. The van der Waals surface area contributed by atoms with Gasteiger partial charge in [-0.2, -0.15) is 4.98 Å². The van der Waals surface area contributed by atoms with Crippen LogP contribution in [0.3, 0.4) is 0 Å². The van der Waals surface area contributed by atoms with Crippen molar-refractivity contribution in [2.75, 3.05) is 38.1 Å². The topological polar surface area (TPSA) is 80.4 Å². The lowest BCUT2D eigenvalue weighted by Crippen LogP contribution is -3.12. The van der Waals surface area contributed by atoms with E-state index in [1.54, 1.807) is 7.05 Å². The molecule has 1 aliphatic rings. The molecule has 148 valence electrons. The first-order valence-electron chi connectivity index (χ1n) is 9.84. The summed E-state index contributed by atoms with van der Waals surface area (Å²) in [7, 11) is 3.84. The zero-order valence-corrected chi connectivity index (χ0v) is 16.4. The third-order valence-corrected chi connectivity index (χ3v) is 5.58. The van der Waals surface area contributed by atoms with Gasteiger partial charge in [-0.15, -0.1) is 0 Å². The maximum Gasteiger partial charge on any atom is 0.329 e. The van der Waals surface area contributed by atoms with E-state index in [0.717, 1.165) is 45.0 Å². The molecule has 2 N–H and O–H groups in total. The Balaban J connectivity index is 1.71. The Kier molecular flexibility index (Phi) is 5.04. The Morgan fingerprint density at radius 1 is 1.14 bits per heavy atom. The molecule has 8 heteroatoms. The Morgan fingerprint density at radius 3 is 2.57 bits per heavy atom. The molecular weight excluding hydrogens is 356 g/mol. The lowest BCUT2D eigenvalue weighted by Gasteiger charge is -2.31. The second-order valence-electron chi connectivity index (χ2n) is 7.59. The number of piperazine rings is 1. The van der Waals surface area contributed by atoms with Gasteiger partial charge >= 0.3 is 5.69 Å². The van der Waals surface area contributed by atoms with E-state index < -0.39 is 5.69 Å². The van der Waals surface area contributed by atoms with E-state index in [-0.39, 0.29) is 5.56 Å². The number of rotatable bonds is 5. The summed E-state index contributed by atoms with van der Waals surface area (Å²) in [6, 6.07) is 10.3. The zero-order valence-electron chi connectivity index (χ0n) is 16.4. The van der Waals surface area contributed by atoms with Crippen LogP contribution in [0.5, 0.6) is 0 Å². The molecule has 0 amide bonds. The number of H-pyrrole nitrogens is 1. The Bertz CT molecular complexity index is 1070. The number of anilines is 1. The van der Waals surface area contributed by atoms with Crippen LogP contribution in [0.2, 0.25) is 0 Å². The van der Waals surface area contributed by atoms with E-state index in [1.807, 2.05) is 22.8 Å². The number of aryl methyl sites for hydroxylation is 3. The van der Waals surface area contributed by atoms with Crippen LogP contribution < -0.4 is 21.0 Å². The second-order valence-corrected chi connectivity index (χ2v) is 7.59. The molecular formula is C20H27N6O2+. The highest BCUT2D eigenvalue weighted by atomic mass is 16.2. The summed E-state index contributed by atoms with van der Waals surface area (Å²) >= 11 is 0. The van der Waals surface area contributed by atoms with E-state index in [1.165, 1.54) is 15.0 Å². The molecule has 3 heterocycles. The Morgan fingerprint density at radius 2 is 1.86 bits per heavy atom. The van der Waals surface area contributed by atoms with Gasteiger partial charge in [-0.25, -0.2) is 4.79 Å². The molecule has 2 aromatic heterocycles. The average molecular weight is 383 g/mol. The predicted molar refractivity (Wildman–Crippen MR) is 109 cm³/mol. The third kappa shape index (κ3) is 3.47. The van der Waals surface area contributed by atoms with Crippen molar-refractivity contribution >= 4 is 17.1 Å². The van der Waals surface area contributed by atoms with Gasteiger partial charge < -0.3 is 14.4 Å². The number of hydrogen-bond donors (Lipinski definition) is 2. The van der Waals surface area contributed by atoms with Crippen molar-refractivity contribution in [2.24, 2.45) is 7.05 Å². The highest BCUT2D eigenvalue weighted by molar-refractivity contribution is 5.74.